The van der Waals surface area contributed by atoms with Crippen molar-refractivity contribution in [2.24, 2.45) is 0 Å². The second kappa shape index (κ2) is 33.5. The molecule has 0 unspecified atom stereocenters. The van der Waals surface area contributed by atoms with E-state index in [4.69, 9.17) is 13.3 Å². The van der Waals surface area contributed by atoms with Gasteiger partial charge in [-0.15, -0.1) is 0 Å². The molecule has 58 valence electrons. The Balaban J connectivity index is -0.0000000750. The summed E-state index contributed by atoms with van der Waals surface area (Å²) in [4.78, 5) is 0. The second-order valence-electron chi connectivity index (χ2n) is 1.17. The van der Waals surface area contributed by atoms with Crippen LogP contribution in [0.3, 0.4) is 0 Å². The Hall–Kier alpha value is 0.629. The Kier molecular flexibility index (Phi) is 56.7. The Morgan fingerprint density at radius 2 is 0.900 bits per heavy atom. The van der Waals surface area contributed by atoms with Crippen LogP contribution in [0.1, 0.15) is 26.7 Å². The van der Waals surface area contributed by atoms with Crippen LogP contribution in [-0.2, 0) is 51.5 Å². The summed E-state index contributed by atoms with van der Waals surface area (Å²) in [6.07, 6.45) is 2.64. The van der Waals surface area contributed by atoms with Gasteiger partial charge < -0.3 is 0 Å². The third-order valence-corrected chi connectivity index (χ3v) is 0.500. The van der Waals surface area contributed by atoms with Gasteiger partial charge in [0.25, 0.3) is 0 Å². The number of hydrogen-bond donors (Lipinski definition) is 0. The molecule has 0 aliphatic carbocycles. The Morgan fingerprint density at radius 3 is 0.900 bits per heavy atom. The van der Waals surface area contributed by atoms with E-state index in [-0.39, 0.29) is 0 Å². The van der Waals surface area contributed by atoms with Crippen molar-refractivity contribution < 1.29 is 51.5 Å². The van der Waals surface area contributed by atoms with Gasteiger partial charge in [0.15, 0.2) is 0 Å². The summed E-state index contributed by atoms with van der Waals surface area (Å²) >= 11 is -4.00. The number of rotatable bonds is 1. The zero-order valence-electron chi connectivity index (χ0n) is 6.05. The minimum absolute atomic E-state index is 1.32. The molecule has 0 aromatic heterocycles. The molecule has 0 saturated carbocycles. The fraction of sp³-hybridized carbons (Fsp3) is 1.00. The first-order valence-electron chi connectivity index (χ1n) is 2.73. The molecule has 0 N–H and O–H groups in total. The Labute approximate surface area is 77.9 Å². The predicted molar refractivity (Wildman–Crippen MR) is 23.3 cm³/mol. The van der Waals surface area contributed by atoms with Gasteiger partial charge >= 0.3 is 51.5 Å². The average Bonchev–Trinajstić information content (AvgIpc) is 1.91. The summed E-state index contributed by atoms with van der Waals surface area (Å²) in [5.41, 5.74) is 0. The maximum absolute atomic E-state index is 8.50. The average molecular weight is 218 g/mol. The molecule has 0 spiro atoms. The molecule has 0 rings (SSSR count). The zero-order valence-corrected chi connectivity index (χ0v) is 9.17. The minimum atomic E-state index is -2.00. The van der Waals surface area contributed by atoms with Gasteiger partial charge in [0.05, 0.1) is 0 Å². The first-order chi connectivity index (χ1) is 4.74. The van der Waals surface area contributed by atoms with Crippen molar-refractivity contribution >= 4 is 0 Å². The second-order valence-corrected chi connectivity index (χ2v) is 1.69. The zero-order chi connectivity index (χ0) is 8.83. The fourth-order valence-electron chi connectivity index (χ4n) is 0. The normalized spacial score (nSPS) is 4.60. The van der Waals surface area contributed by atoms with Gasteiger partial charge in [0, 0.05) is 0 Å². The van der Waals surface area contributed by atoms with Crippen LogP contribution in [0.25, 0.3) is 0 Å². The van der Waals surface area contributed by atoms with Gasteiger partial charge in [-0.25, -0.2) is 0 Å². The molecule has 0 saturated heterocycles. The molecule has 0 aliphatic heterocycles. The molecular formula is C4H10O4Ti2. The van der Waals surface area contributed by atoms with E-state index in [1.807, 2.05) is 0 Å². The quantitative estimate of drug-likeness (QED) is 0.622. The van der Waals surface area contributed by atoms with Crippen LogP contribution in [-0.4, -0.2) is 0 Å². The molecule has 0 aromatic carbocycles. The van der Waals surface area contributed by atoms with E-state index in [1.165, 1.54) is 12.8 Å². The third-order valence-electron chi connectivity index (χ3n) is 0.500. The maximum atomic E-state index is 8.50. The third kappa shape index (κ3) is 189. The molecule has 6 heteroatoms. The van der Waals surface area contributed by atoms with Gasteiger partial charge in [-0.3, -0.25) is 0 Å². The van der Waals surface area contributed by atoms with Crippen molar-refractivity contribution in [3.63, 3.8) is 0 Å². The molecule has 0 aliphatic rings. The van der Waals surface area contributed by atoms with Crippen molar-refractivity contribution in [3.05, 3.63) is 0 Å². The molecule has 0 atom stereocenters. The van der Waals surface area contributed by atoms with Crippen LogP contribution in [0.4, 0.5) is 0 Å². The van der Waals surface area contributed by atoms with E-state index < -0.39 is 38.2 Å². The summed E-state index contributed by atoms with van der Waals surface area (Å²) in [6.45, 7) is 4.36. The van der Waals surface area contributed by atoms with Gasteiger partial charge in [0.2, 0.25) is 0 Å². The van der Waals surface area contributed by atoms with Gasteiger partial charge in [-0.2, -0.15) is 0 Å². The molecule has 0 bridgehead atoms. The van der Waals surface area contributed by atoms with Crippen molar-refractivity contribution in [3.8, 4) is 0 Å². The standard InChI is InChI=1S/C4H10.4O.2Ti/c1-3-4-2;;;;;;/h3-4H2,1-2H3;;;;;;. The molecule has 0 amide bonds. The molecule has 0 heterocycles. The summed E-state index contributed by atoms with van der Waals surface area (Å²) < 4.78 is 34.0. The number of hydrogen-bond acceptors (Lipinski definition) is 4. The van der Waals surface area contributed by atoms with Crippen LogP contribution >= 0.6 is 0 Å². The molecule has 0 radical (unpaired) electrons. The van der Waals surface area contributed by atoms with Crippen molar-refractivity contribution in [2.75, 3.05) is 0 Å². The molecule has 10 heavy (non-hydrogen) atoms. The molecule has 4 nitrogen and oxygen atoms in total. The van der Waals surface area contributed by atoms with Crippen molar-refractivity contribution in [1.82, 2.24) is 0 Å². The van der Waals surface area contributed by atoms with Crippen LogP contribution in [0, 0.1) is 0 Å². The Morgan fingerprint density at radius 1 is 0.800 bits per heavy atom. The van der Waals surface area contributed by atoms with E-state index in [0.717, 1.165) is 0 Å². The van der Waals surface area contributed by atoms with Gasteiger partial charge in [-0.1, -0.05) is 26.7 Å². The Bertz CT molecular complexity index is 87.8. The SMILES string of the molecule is CCCC.[O]=[Ti]=[O].[O]=[Ti]=[O]. The van der Waals surface area contributed by atoms with E-state index in [9.17, 15) is 0 Å². The van der Waals surface area contributed by atoms with Crippen LogP contribution in [0.5, 0.6) is 0 Å². The van der Waals surface area contributed by atoms with Crippen LogP contribution < -0.4 is 0 Å². The summed E-state index contributed by atoms with van der Waals surface area (Å²) in [7, 11) is 0. The van der Waals surface area contributed by atoms with E-state index in [1.54, 1.807) is 0 Å². The van der Waals surface area contributed by atoms with Gasteiger partial charge in [-0.05, 0) is 0 Å². The van der Waals surface area contributed by atoms with Crippen LogP contribution in [0.15, 0.2) is 0 Å². The summed E-state index contributed by atoms with van der Waals surface area (Å²) in [5, 5.41) is 0. The van der Waals surface area contributed by atoms with Gasteiger partial charge in [0.1, 0.15) is 0 Å². The fourth-order valence-corrected chi connectivity index (χ4v) is 0. The number of unbranched alkanes of at least 4 members (excludes halogenated alkanes) is 1. The molecule has 0 aromatic rings. The topological polar surface area (TPSA) is 68.3 Å². The summed E-state index contributed by atoms with van der Waals surface area (Å²) in [5.74, 6) is 0. The van der Waals surface area contributed by atoms with E-state index in [0.29, 0.717) is 0 Å². The monoisotopic (exact) mass is 218 g/mol. The predicted octanol–water partition coefficient (Wildman–Crippen LogP) is 1.33. The summed E-state index contributed by atoms with van der Waals surface area (Å²) in [6, 6.07) is 0. The van der Waals surface area contributed by atoms with Crippen molar-refractivity contribution in [1.29, 1.82) is 0 Å². The first kappa shape index (κ1) is 16.9. The van der Waals surface area contributed by atoms with E-state index in [2.05, 4.69) is 13.8 Å². The van der Waals surface area contributed by atoms with E-state index >= 15 is 0 Å². The molecule has 0 fully saturated rings. The molecular weight excluding hydrogens is 208 g/mol. The van der Waals surface area contributed by atoms with Crippen LogP contribution in [0.2, 0.25) is 0 Å². The first-order valence-corrected chi connectivity index (χ1v) is 5.28. The van der Waals surface area contributed by atoms with Crippen molar-refractivity contribution in [2.45, 2.75) is 26.7 Å².